The number of aromatic nitrogens is 1. The van der Waals surface area contributed by atoms with Crippen LogP contribution < -0.4 is 10.2 Å². The molecule has 8 heteroatoms. The van der Waals surface area contributed by atoms with Gasteiger partial charge < -0.3 is 5.32 Å². The minimum Gasteiger partial charge on any atom is -0.373 e. The van der Waals surface area contributed by atoms with Crippen molar-refractivity contribution in [2.24, 2.45) is 4.99 Å². The summed E-state index contributed by atoms with van der Waals surface area (Å²) in [6.07, 6.45) is 1.79. The van der Waals surface area contributed by atoms with Crippen molar-refractivity contribution in [3.8, 4) is 0 Å². The molecule has 0 spiro atoms. The van der Waals surface area contributed by atoms with Gasteiger partial charge in [-0.05, 0) is 5.41 Å². The summed E-state index contributed by atoms with van der Waals surface area (Å²) in [5, 5.41) is 3.75. The van der Waals surface area contributed by atoms with Gasteiger partial charge in [0, 0.05) is 33.0 Å². The molecule has 0 radical (unpaired) electrons. The number of amides is 1. The fourth-order valence-corrected chi connectivity index (χ4v) is 3.98. The highest BCUT2D eigenvalue weighted by atomic mass is 35.5. The van der Waals surface area contributed by atoms with Gasteiger partial charge in [-0.1, -0.05) is 43.7 Å². The maximum atomic E-state index is 14.7. The van der Waals surface area contributed by atoms with E-state index in [0.717, 1.165) is 4.88 Å². The van der Waals surface area contributed by atoms with Crippen LogP contribution in [0.5, 0.6) is 0 Å². The first-order chi connectivity index (χ1) is 10.6. The number of carbonyl (C=O) groups is 1. The topological polar surface area (TPSA) is 57.6 Å². The molecule has 1 N–H and O–H groups in total. The lowest BCUT2D eigenvalue weighted by atomic mass is 9.76. The quantitative estimate of drug-likeness (QED) is 0.662. The molecule has 1 saturated carbocycles. The van der Waals surface area contributed by atoms with Gasteiger partial charge in [-0.2, -0.15) is 0 Å². The summed E-state index contributed by atoms with van der Waals surface area (Å²) < 4.78 is 14.7. The third-order valence-electron chi connectivity index (χ3n) is 3.81. The molecular weight excluding hydrogens is 339 g/mol. The molecule has 1 heterocycles. The van der Waals surface area contributed by atoms with Gasteiger partial charge in [0.2, 0.25) is 0 Å². The number of aliphatic imine (C=N–C) groups is 1. The molecule has 1 aliphatic rings. The Morgan fingerprint density at radius 3 is 2.65 bits per heavy atom. The third-order valence-corrected chi connectivity index (χ3v) is 5.75. The van der Waals surface area contributed by atoms with Crippen LogP contribution in [0.1, 0.15) is 38.5 Å². The van der Waals surface area contributed by atoms with E-state index in [0.29, 0.717) is 10.3 Å². The molecule has 5 nitrogen and oxygen atoms in total. The first-order valence-electron chi connectivity index (χ1n) is 7.39. The highest BCUT2D eigenvalue weighted by Crippen LogP contribution is 2.41. The monoisotopic (exact) mass is 360 g/mol. The Labute approximate surface area is 145 Å². The van der Waals surface area contributed by atoms with Crippen LogP contribution in [0.3, 0.4) is 0 Å². The molecule has 1 fully saturated rings. The third kappa shape index (κ3) is 3.66. The van der Waals surface area contributed by atoms with Crippen LogP contribution in [0.4, 0.5) is 9.52 Å². The Morgan fingerprint density at radius 1 is 1.57 bits per heavy atom. The highest BCUT2D eigenvalue weighted by molar-refractivity contribution is 7.16. The van der Waals surface area contributed by atoms with Crippen molar-refractivity contribution in [3.63, 3.8) is 0 Å². The first kappa shape index (κ1) is 18.1. The number of alkyl halides is 1. The van der Waals surface area contributed by atoms with E-state index in [4.69, 9.17) is 11.6 Å². The highest BCUT2D eigenvalue weighted by Gasteiger charge is 2.52. The Kier molecular flexibility index (Phi) is 5.01. The van der Waals surface area contributed by atoms with Crippen molar-refractivity contribution in [1.82, 2.24) is 10.3 Å². The largest absolute Gasteiger partial charge is 0.373 e. The Hall–Kier alpha value is -1.21. The molecule has 23 heavy (non-hydrogen) atoms. The van der Waals surface area contributed by atoms with Crippen LogP contribution in [-0.2, 0) is 10.2 Å². The lowest BCUT2D eigenvalue weighted by molar-refractivity contribution is -0.136. The first-order valence-corrected chi connectivity index (χ1v) is 8.58. The summed E-state index contributed by atoms with van der Waals surface area (Å²) in [7, 11) is 3.17. The van der Waals surface area contributed by atoms with Gasteiger partial charge in [-0.3, -0.25) is 14.7 Å². The maximum absolute atomic E-state index is 14.7. The van der Waals surface area contributed by atoms with Crippen LogP contribution in [0, 0.1) is 0 Å². The Balaban J connectivity index is 2.09. The fraction of sp³-hybridized carbons (Fsp3) is 0.667. The number of nitrogens with zero attached hydrogens (tertiary/aromatic N) is 3. The van der Waals surface area contributed by atoms with E-state index in [1.165, 1.54) is 22.6 Å². The number of hydrogen-bond donors (Lipinski definition) is 1. The van der Waals surface area contributed by atoms with Gasteiger partial charge in [0.15, 0.2) is 10.8 Å². The zero-order valence-corrected chi connectivity index (χ0v) is 15.6. The molecular formula is C15H22ClFN4OS. The Morgan fingerprint density at radius 2 is 2.17 bits per heavy atom. The average Bonchev–Trinajstić information content (AvgIpc) is 2.82. The molecule has 0 unspecified atom stereocenters. The Bertz CT molecular complexity index is 619. The lowest BCUT2D eigenvalue weighted by Crippen LogP contribution is -2.59. The van der Waals surface area contributed by atoms with Crippen LogP contribution >= 0.6 is 22.9 Å². The van der Waals surface area contributed by atoms with E-state index in [1.54, 1.807) is 14.1 Å². The number of thiazole rings is 1. The van der Waals surface area contributed by atoms with Crippen molar-refractivity contribution in [2.45, 2.75) is 50.7 Å². The van der Waals surface area contributed by atoms with Gasteiger partial charge in [-0.25, -0.2) is 9.37 Å². The SMILES string of the molecule is CN=CNC1CC(F)(C(=O)N(C)c2nc(Cl)c(C(C)(C)C)s2)C1. The molecule has 128 valence electrons. The predicted molar refractivity (Wildman–Crippen MR) is 93.6 cm³/mol. The van der Waals surface area contributed by atoms with Crippen LogP contribution in [-0.4, -0.2) is 43.0 Å². The van der Waals surface area contributed by atoms with E-state index in [-0.39, 0.29) is 24.3 Å². The molecule has 0 aromatic carbocycles. The molecule has 0 saturated heterocycles. The van der Waals surface area contributed by atoms with Crippen molar-refractivity contribution in [3.05, 3.63) is 10.0 Å². The number of nitrogens with one attached hydrogen (secondary N) is 1. The van der Waals surface area contributed by atoms with E-state index >= 15 is 0 Å². The second-order valence-corrected chi connectivity index (χ2v) is 8.19. The average molecular weight is 361 g/mol. The van der Waals surface area contributed by atoms with E-state index in [9.17, 15) is 9.18 Å². The summed E-state index contributed by atoms with van der Waals surface area (Å²) in [5.41, 5.74) is -2.02. The van der Waals surface area contributed by atoms with Gasteiger partial charge in [0.1, 0.15) is 5.15 Å². The summed E-state index contributed by atoms with van der Waals surface area (Å²) >= 11 is 7.49. The van der Waals surface area contributed by atoms with Crippen molar-refractivity contribution < 1.29 is 9.18 Å². The zero-order chi connectivity index (χ0) is 17.4. The molecule has 0 bridgehead atoms. The second kappa shape index (κ2) is 6.36. The van der Waals surface area contributed by atoms with E-state index in [2.05, 4.69) is 15.3 Å². The van der Waals surface area contributed by atoms with Crippen LogP contribution in [0.2, 0.25) is 5.15 Å². The van der Waals surface area contributed by atoms with Gasteiger partial charge >= 0.3 is 0 Å². The van der Waals surface area contributed by atoms with Crippen LogP contribution in [0.25, 0.3) is 0 Å². The molecule has 1 aliphatic carbocycles. The summed E-state index contributed by atoms with van der Waals surface area (Å²) in [4.78, 5) is 22.6. The number of halogens is 2. The normalized spacial score (nSPS) is 24.6. The van der Waals surface area contributed by atoms with Gasteiger partial charge in [0.25, 0.3) is 5.91 Å². The minimum atomic E-state index is -1.85. The van der Waals surface area contributed by atoms with Crippen molar-refractivity contribution in [1.29, 1.82) is 0 Å². The fourth-order valence-electron chi connectivity index (χ4n) is 2.48. The number of hydrogen-bond acceptors (Lipinski definition) is 4. The second-order valence-electron chi connectivity index (χ2n) is 6.85. The van der Waals surface area contributed by atoms with Gasteiger partial charge in [0.05, 0.1) is 11.2 Å². The van der Waals surface area contributed by atoms with Crippen molar-refractivity contribution >= 4 is 40.3 Å². The molecule has 2 rings (SSSR count). The molecule has 1 amide bonds. The summed E-state index contributed by atoms with van der Waals surface area (Å²) in [6, 6.07) is -0.0638. The number of carbonyl (C=O) groups excluding carboxylic acids is 1. The van der Waals surface area contributed by atoms with E-state index in [1.807, 2.05) is 20.8 Å². The molecule has 1 aromatic rings. The maximum Gasteiger partial charge on any atom is 0.266 e. The van der Waals surface area contributed by atoms with Crippen LogP contribution in [0.15, 0.2) is 4.99 Å². The molecule has 0 aliphatic heterocycles. The summed E-state index contributed by atoms with van der Waals surface area (Å²) in [6.45, 7) is 6.06. The van der Waals surface area contributed by atoms with E-state index < -0.39 is 11.6 Å². The standard InChI is InChI=1S/C15H22ClFN4OS/c1-14(2,3)10-11(16)20-13(23-10)21(5)12(22)15(17)6-9(7-15)19-8-18-4/h8-9H,6-7H2,1-5H3,(H,18,19). The molecule has 1 aromatic heterocycles. The molecule has 0 atom stereocenters. The number of rotatable bonds is 4. The number of anilines is 1. The zero-order valence-electron chi connectivity index (χ0n) is 14.0. The summed E-state index contributed by atoms with van der Waals surface area (Å²) in [5.74, 6) is -0.574. The predicted octanol–water partition coefficient (Wildman–Crippen LogP) is 3.18. The lowest BCUT2D eigenvalue weighted by Gasteiger charge is -2.41. The van der Waals surface area contributed by atoms with Crippen molar-refractivity contribution in [2.75, 3.05) is 19.0 Å². The smallest absolute Gasteiger partial charge is 0.266 e. The minimum absolute atomic E-state index is 0.0638. The van der Waals surface area contributed by atoms with Gasteiger partial charge in [-0.15, -0.1) is 0 Å².